The average Bonchev–Trinajstić information content (AvgIpc) is 3.25. The van der Waals surface area contributed by atoms with Gasteiger partial charge in [0.15, 0.2) is 22.5 Å². The molecule has 8 nitrogen and oxygen atoms in total. The van der Waals surface area contributed by atoms with Crippen molar-refractivity contribution in [1.82, 2.24) is 20.2 Å². The van der Waals surface area contributed by atoms with Crippen molar-refractivity contribution in [3.05, 3.63) is 82.9 Å². The fourth-order valence-corrected chi connectivity index (χ4v) is 3.91. The number of carbonyl (C=O) groups is 1. The van der Waals surface area contributed by atoms with E-state index in [1.54, 1.807) is 18.2 Å². The zero-order valence-electron chi connectivity index (χ0n) is 18.0. The lowest BCUT2D eigenvalue weighted by molar-refractivity contribution is -0.118. The minimum atomic E-state index is -0.341. The molecule has 4 rings (SSSR count). The molecule has 0 radical (unpaired) electrons. The standard InChI is InChI=1S/C24H20ClN5O3S/c1-15-2-5-17(6-3-15)23-28-29-24(30(23)19-9-7-18(25)8-10-19)34-14-22(33)27-26-13-16-4-11-20(31)21(32)12-16/h2-13,31-32H,14H2,1H3,(H,27,33)/b26-13-. The number of aromatic hydroxyl groups is 2. The molecule has 0 fully saturated rings. The van der Waals surface area contributed by atoms with Crippen molar-refractivity contribution in [1.29, 1.82) is 0 Å². The Hall–Kier alpha value is -3.82. The molecular weight excluding hydrogens is 474 g/mol. The fraction of sp³-hybridized carbons (Fsp3) is 0.0833. The second-order valence-electron chi connectivity index (χ2n) is 7.31. The second kappa shape index (κ2) is 10.4. The van der Waals surface area contributed by atoms with Crippen molar-refractivity contribution in [2.75, 3.05) is 5.75 Å². The highest BCUT2D eigenvalue weighted by atomic mass is 35.5. The second-order valence-corrected chi connectivity index (χ2v) is 8.69. The number of phenols is 2. The van der Waals surface area contributed by atoms with Gasteiger partial charge in [0.25, 0.3) is 5.91 Å². The lowest BCUT2D eigenvalue weighted by Gasteiger charge is -2.10. The number of benzene rings is 3. The molecule has 0 aliphatic carbocycles. The van der Waals surface area contributed by atoms with Gasteiger partial charge in [0.2, 0.25) is 0 Å². The van der Waals surface area contributed by atoms with Gasteiger partial charge in [-0.05, 0) is 55.0 Å². The summed E-state index contributed by atoms with van der Waals surface area (Å²) in [6, 6.07) is 19.5. The van der Waals surface area contributed by atoms with Crippen LogP contribution in [0.5, 0.6) is 11.5 Å². The van der Waals surface area contributed by atoms with Crippen molar-refractivity contribution < 1.29 is 15.0 Å². The van der Waals surface area contributed by atoms with Crippen LogP contribution >= 0.6 is 23.4 Å². The fourth-order valence-electron chi connectivity index (χ4n) is 3.04. The van der Waals surface area contributed by atoms with Gasteiger partial charge in [-0.3, -0.25) is 9.36 Å². The van der Waals surface area contributed by atoms with Gasteiger partial charge in [0.05, 0.1) is 12.0 Å². The highest BCUT2D eigenvalue weighted by molar-refractivity contribution is 7.99. The first-order valence-electron chi connectivity index (χ1n) is 10.2. The highest BCUT2D eigenvalue weighted by Gasteiger charge is 2.17. The Bertz CT molecular complexity index is 1340. The number of phenolic OH excluding ortho intramolecular Hbond substituents is 2. The van der Waals surface area contributed by atoms with Gasteiger partial charge < -0.3 is 10.2 Å². The zero-order valence-corrected chi connectivity index (χ0v) is 19.6. The molecule has 0 atom stereocenters. The summed E-state index contributed by atoms with van der Waals surface area (Å²) in [5.41, 5.74) is 5.81. The predicted octanol–water partition coefficient (Wildman–Crippen LogP) is 4.55. The van der Waals surface area contributed by atoms with Crippen LogP contribution in [0.4, 0.5) is 0 Å². The van der Waals surface area contributed by atoms with E-state index in [2.05, 4.69) is 20.7 Å². The molecule has 172 valence electrons. The molecule has 34 heavy (non-hydrogen) atoms. The molecule has 3 N–H and O–H groups in total. The van der Waals surface area contributed by atoms with Crippen LogP contribution in [0.15, 0.2) is 77.0 Å². The summed E-state index contributed by atoms with van der Waals surface area (Å²) in [5.74, 6) is -0.135. The Labute approximate surface area is 204 Å². The summed E-state index contributed by atoms with van der Waals surface area (Å²) in [4.78, 5) is 12.3. The molecule has 0 spiro atoms. The van der Waals surface area contributed by atoms with Crippen LogP contribution in [0, 0.1) is 6.92 Å². The van der Waals surface area contributed by atoms with E-state index >= 15 is 0 Å². The van der Waals surface area contributed by atoms with E-state index in [1.807, 2.05) is 47.9 Å². The summed E-state index contributed by atoms with van der Waals surface area (Å²) >= 11 is 7.28. The summed E-state index contributed by atoms with van der Waals surface area (Å²) in [7, 11) is 0. The Morgan fingerprint density at radius 1 is 1.06 bits per heavy atom. The largest absolute Gasteiger partial charge is 0.504 e. The van der Waals surface area contributed by atoms with Crippen LogP contribution in [0.1, 0.15) is 11.1 Å². The van der Waals surface area contributed by atoms with Crippen molar-refractivity contribution in [3.8, 4) is 28.6 Å². The van der Waals surface area contributed by atoms with E-state index in [-0.39, 0.29) is 23.2 Å². The SMILES string of the molecule is Cc1ccc(-c2nnc(SCC(=O)N/N=C\c3ccc(O)c(O)c3)n2-c2ccc(Cl)cc2)cc1. The third-order valence-corrected chi connectivity index (χ3v) is 5.94. The van der Waals surface area contributed by atoms with Gasteiger partial charge in [-0.25, -0.2) is 5.43 Å². The number of thioether (sulfide) groups is 1. The minimum Gasteiger partial charge on any atom is -0.504 e. The number of carbonyl (C=O) groups excluding carboxylic acids is 1. The molecule has 1 heterocycles. The van der Waals surface area contributed by atoms with E-state index in [4.69, 9.17) is 11.6 Å². The van der Waals surface area contributed by atoms with E-state index in [0.29, 0.717) is 21.6 Å². The number of halogens is 1. The first-order chi connectivity index (χ1) is 16.4. The third-order valence-electron chi connectivity index (χ3n) is 4.76. The van der Waals surface area contributed by atoms with Crippen LogP contribution in [-0.2, 0) is 4.79 Å². The molecule has 0 unspecified atom stereocenters. The summed E-state index contributed by atoms with van der Waals surface area (Å²) in [6.07, 6.45) is 1.37. The molecule has 0 saturated heterocycles. The average molecular weight is 494 g/mol. The predicted molar refractivity (Wildman–Crippen MR) is 133 cm³/mol. The van der Waals surface area contributed by atoms with Gasteiger partial charge in [0, 0.05) is 16.3 Å². The molecule has 3 aromatic carbocycles. The van der Waals surface area contributed by atoms with Crippen LogP contribution < -0.4 is 5.43 Å². The van der Waals surface area contributed by atoms with E-state index in [1.165, 1.54) is 30.1 Å². The third kappa shape index (κ3) is 5.56. The number of nitrogens with zero attached hydrogens (tertiary/aromatic N) is 4. The van der Waals surface area contributed by atoms with Gasteiger partial charge in [-0.1, -0.05) is 53.2 Å². The Kier molecular flexibility index (Phi) is 7.15. The van der Waals surface area contributed by atoms with Crippen molar-refractivity contribution in [2.45, 2.75) is 12.1 Å². The maximum Gasteiger partial charge on any atom is 0.250 e. The summed E-state index contributed by atoms with van der Waals surface area (Å²) < 4.78 is 1.88. The first-order valence-corrected chi connectivity index (χ1v) is 11.5. The Morgan fingerprint density at radius 2 is 1.79 bits per heavy atom. The molecule has 1 amide bonds. The molecule has 0 bridgehead atoms. The van der Waals surface area contributed by atoms with Crippen molar-refractivity contribution in [3.63, 3.8) is 0 Å². The van der Waals surface area contributed by atoms with Crippen molar-refractivity contribution >= 4 is 35.5 Å². The Morgan fingerprint density at radius 3 is 2.50 bits per heavy atom. The maximum absolute atomic E-state index is 12.3. The highest BCUT2D eigenvalue weighted by Crippen LogP contribution is 2.29. The number of hydrogen-bond acceptors (Lipinski definition) is 7. The number of hydrogen-bond donors (Lipinski definition) is 3. The summed E-state index contributed by atoms with van der Waals surface area (Å²) in [5, 5.41) is 32.6. The number of amides is 1. The van der Waals surface area contributed by atoms with Gasteiger partial charge in [-0.2, -0.15) is 5.10 Å². The molecule has 1 aromatic heterocycles. The molecule has 4 aromatic rings. The van der Waals surface area contributed by atoms with Gasteiger partial charge in [-0.15, -0.1) is 10.2 Å². The first kappa shape index (κ1) is 23.3. The topological polar surface area (TPSA) is 113 Å². The normalized spacial score (nSPS) is 11.1. The van der Waals surface area contributed by atoms with Crippen LogP contribution in [-0.4, -0.2) is 42.9 Å². The smallest absolute Gasteiger partial charge is 0.250 e. The van der Waals surface area contributed by atoms with E-state index in [9.17, 15) is 15.0 Å². The van der Waals surface area contributed by atoms with Crippen LogP contribution in [0.25, 0.3) is 17.1 Å². The van der Waals surface area contributed by atoms with E-state index in [0.717, 1.165) is 16.8 Å². The molecular formula is C24H20ClN5O3S. The monoisotopic (exact) mass is 493 g/mol. The van der Waals surface area contributed by atoms with Gasteiger partial charge in [0.1, 0.15) is 0 Å². The summed E-state index contributed by atoms with van der Waals surface area (Å²) in [6.45, 7) is 2.01. The number of aryl methyl sites for hydroxylation is 1. The molecule has 0 aliphatic heterocycles. The maximum atomic E-state index is 12.3. The minimum absolute atomic E-state index is 0.0534. The quantitative estimate of drug-likeness (QED) is 0.151. The van der Waals surface area contributed by atoms with Gasteiger partial charge >= 0.3 is 0 Å². The van der Waals surface area contributed by atoms with Crippen LogP contribution in [0.2, 0.25) is 5.02 Å². The molecule has 0 saturated carbocycles. The number of hydrazone groups is 1. The number of aromatic nitrogens is 3. The van der Waals surface area contributed by atoms with Crippen molar-refractivity contribution in [2.24, 2.45) is 5.10 Å². The Balaban J connectivity index is 1.50. The number of nitrogens with one attached hydrogen (secondary N) is 1. The van der Waals surface area contributed by atoms with Crippen LogP contribution in [0.3, 0.4) is 0 Å². The number of rotatable bonds is 7. The molecule has 0 aliphatic rings. The lowest BCUT2D eigenvalue weighted by atomic mass is 10.1. The molecule has 10 heteroatoms. The zero-order chi connectivity index (χ0) is 24.1. The van der Waals surface area contributed by atoms with E-state index < -0.39 is 0 Å². The lowest BCUT2D eigenvalue weighted by Crippen LogP contribution is -2.20.